The van der Waals surface area contributed by atoms with Crippen LogP contribution in [0.2, 0.25) is 0 Å². The monoisotopic (exact) mass is 433 g/mol. The molecule has 4 rings (SSSR count). The quantitative estimate of drug-likeness (QED) is 0.402. The smallest absolute Gasteiger partial charge is 0.273 e. The summed E-state index contributed by atoms with van der Waals surface area (Å²) in [4.78, 5) is 15.2. The van der Waals surface area contributed by atoms with Gasteiger partial charge in [-0.3, -0.25) is 9.89 Å². The molecule has 1 aromatic heterocycles. The highest BCUT2D eigenvalue weighted by molar-refractivity contribution is 6.00. The van der Waals surface area contributed by atoms with Gasteiger partial charge in [0.2, 0.25) is 0 Å². The number of aromatic amines is 1. The SMILES string of the molecule is CCCCCOc1cccc(C2c3c(-c4ccccc4O)n[nH]c3C(=O)N2CCCC)c1. The van der Waals surface area contributed by atoms with Gasteiger partial charge in [-0.1, -0.05) is 57.4 Å². The Bertz CT molecular complexity index is 1080. The molecule has 1 unspecified atom stereocenters. The second-order valence-corrected chi connectivity index (χ2v) is 8.26. The molecule has 0 radical (unpaired) electrons. The number of benzene rings is 2. The fraction of sp³-hybridized carbons (Fsp3) is 0.385. The number of phenolic OH excluding ortho intramolecular Hbond substituents is 1. The predicted octanol–water partition coefficient (Wildman–Crippen LogP) is 5.70. The minimum absolute atomic E-state index is 0.0538. The maximum Gasteiger partial charge on any atom is 0.273 e. The van der Waals surface area contributed by atoms with Crippen LogP contribution in [0.1, 0.15) is 73.6 Å². The zero-order valence-corrected chi connectivity index (χ0v) is 18.8. The number of nitrogens with zero attached hydrogens (tertiary/aromatic N) is 2. The Morgan fingerprint density at radius 1 is 1.06 bits per heavy atom. The number of unbranched alkanes of at least 4 members (excludes halogenated alkanes) is 3. The molecular weight excluding hydrogens is 402 g/mol. The van der Waals surface area contributed by atoms with E-state index >= 15 is 0 Å². The zero-order valence-electron chi connectivity index (χ0n) is 18.8. The highest BCUT2D eigenvalue weighted by Crippen LogP contribution is 2.44. The minimum atomic E-state index is -0.281. The Morgan fingerprint density at radius 2 is 1.88 bits per heavy atom. The van der Waals surface area contributed by atoms with Crippen LogP contribution in [0.3, 0.4) is 0 Å². The summed E-state index contributed by atoms with van der Waals surface area (Å²) in [5, 5.41) is 17.8. The predicted molar refractivity (Wildman–Crippen MR) is 125 cm³/mol. The number of aromatic hydroxyl groups is 1. The topological polar surface area (TPSA) is 78.5 Å². The lowest BCUT2D eigenvalue weighted by atomic mass is 9.95. The van der Waals surface area contributed by atoms with Gasteiger partial charge in [0.05, 0.1) is 12.6 Å². The largest absolute Gasteiger partial charge is 0.507 e. The van der Waals surface area contributed by atoms with E-state index in [-0.39, 0.29) is 17.7 Å². The first-order chi connectivity index (χ1) is 15.7. The van der Waals surface area contributed by atoms with E-state index in [4.69, 9.17) is 4.74 Å². The van der Waals surface area contributed by atoms with Crippen molar-refractivity contribution in [1.29, 1.82) is 0 Å². The number of carbonyl (C=O) groups excluding carboxylic acids is 1. The standard InChI is InChI=1S/C26H31N3O3/c1-3-5-9-16-32-19-12-10-11-18(17-19)25-22-23(20-13-7-8-14-21(20)30)27-28-24(22)26(31)29(25)15-6-4-2/h7-8,10-14,17,25,30H,3-6,9,15-16H2,1-2H3,(H,27,28). The minimum Gasteiger partial charge on any atom is -0.507 e. The Labute approximate surface area is 189 Å². The fourth-order valence-corrected chi connectivity index (χ4v) is 4.30. The summed E-state index contributed by atoms with van der Waals surface area (Å²) in [5.41, 5.74) is 3.53. The average molecular weight is 434 g/mol. The normalized spacial score (nSPS) is 15.2. The van der Waals surface area contributed by atoms with Gasteiger partial charge in [0.25, 0.3) is 5.91 Å². The summed E-state index contributed by atoms with van der Waals surface area (Å²) in [5.74, 6) is 0.900. The number of carbonyl (C=O) groups is 1. The molecule has 1 atom stereocenters. The molecule has 2 aromatic carbocycles. The van der Waals surface area contributed by atoms with Crippen molar-refractivity contribution in [1.82, 2.24) is 15.1 Å². The summed E-state index contributed by atoms with van der Waals surface area (Å²) >= 11 is 0. The van der Waals surface area contributed by atoms with Crippen molar-refractivity contribution in [3.8, 4) is 22.8 Å². The van der Waals surface area contributed by atoms with Crippen LogP contribution in [0.25, 0.3) is 11.3 Å². The molecule has 3 aromatic rings. The molecule has 1 amide bonds. The second kappa shape index (κ2) is 9.90. The molecule has 2 heterocycles. The molecule has 0 spiro atoms. The molecule has 32 heavy (non-hydrogen) atoms. The van der Waals surface area contributed by atoms with Crippen molar-refractivity contribution in [2.75, 3.05) is 13.2 Å². The molecule has 1 aliphatic rings. The zero-order chi connectivity index (χ0) is 22.5. The molecule has 0 fully saturated rings. The average Bonchev–Trinajstić information content (AvgIpc) is 3.34. The van der Waals surface area contributed by atoms with Gasteiger partial charge in [-0.2, -0.15) is 5.10 Å². The number of aromatic nitrogens is 2. The lowest BCUT2D eigenvalue weighted by Gasteiger charge is -2.26. The van der Waals surface area contributed by atoms with Gasteiger partial charge in [-0.05, 0) is 42.7 Å². The molecule has 1 aliphatic heterocycles. The summed E-state index contributed by atoms with van der Waals surface area (Å²) in [6.45, 7) is 5.63. The van der Waals surface area contributed by atoms with Gasteiger partial charge in [-0.15, -0.1) is 0 Å². The highest BCUT2D eigenvalue weighted by Gasteiger charge is 2.42. The number of phenols is 1. The number of fused-ring (bicyclic) bond motifs is 1. The van der Waals surface area contributed by atoms with E-state index in [1.54, 1.807) is 12.1 Å². The number of hydrogen-bond acceptors (Lipinski definition) is 4. The first kappa shape index (κ1) is 21.9. The van der Waals surface area contributed by atoms with Gasteiger partial charge in [0.15, 0.2) is 0 Å². The van der Waals surface area contributed by atoms with Crippen molar-refractivity contribution in [2.24, 2.45) is 0 Å². The van der Waals surface area contributed by atoms with Crippen LogP contribution in [-0.4, -0.2) is 39.3 Å². The van der Waals surface area contributed by atoms with Crippen molar-refractivity contribution >= 4 is 5.91 Å². The van der Waals surface area contributed by atoms with Crippen molar-refractivity contribution < 1.29 is 14.6 Å². The van der Waals surface area contributed by atoms with Gasteiger partial charge < -0.3 is 14.7 Å². The van der Waals surface area contributed by atoms with E-state index in [1.807, 2.05) is 41.3 Å². The lowest BCUT2D eigenvalue weighted by Crippen LogP contribution is -2.30. The summed E-state index contributed by atoms with van der Waals surface area (Å²) in [7, 11) is 0. The van der Waals surface area contributed by atoms with Gasteiger partial charge in [0, 0.05) is 17.7 Å². The molecule has 0 bridgehead atoms. The van der Waals surface area contributed by atoms with Gasteiger partial charge in [0.1, 0.15) is 22.9 Å². The van der Waals surface area contributed by atoms with Crippen LogP contribution in [-0.2, 0) is 0 Å². The van der Waals surface area contributed by atoms with E-state index in [0.29, 0.717) is 30.1 Å². The second-order valence-electron chi connectivity index (χ2n) is 8.26. The number of rotatable bonds is 10. The molecule has 0 aliphatic carbocycles. The maximum atomic E-state index is 13.3. The molecule has 0 saturated heterocycles. The first-order valence-electron chi connectivity index (χ1n) is 11.6. The van der Waals surface area contributed by atoms with Gasteiger partial charge >= 0.3 is 0 Å². The van der Waals surface area contributed by atoms with Crippen LogP contribution in [0.5, 0.6) is 11.5 Å². The van der Waals surface area contributed by atoms with E-state index in [1.165, 1.54) is 0 Å². The van der Waals surface area contributed by atoms with Crippen LogP contribution >= 0.6 is 0 Å². The fourth-order valence-electron chi connectivity index (χ4n) is 4.30. The number of ether oxygens (including phenoxy) is 1. The molecule has 2 N–H and O–H groups in total. The van der Waals surface area contributed by atoms with Gasteiger partial charge in [-0.25, -0.2) is 0 Å². The van der Waals surface area contributed by atoms with Crippen molar-refractivity contribution in [3.05, 3.63) is 65.4 Å². The molecule has 6 nitrogen and oxygen atoms in total. The van der Waals surface area contributed by atoms with E-state index in [2.05, 4.69) is 24.0 Å². The van der Waals surface area contributed by atoms with E-state index < -0.39 is 0 Å². The number of H-pyrrole nitrogens is 1. The van der Waals surface area contributed by atoms with E-state index in [0.717, 1.165) is 49.0 Å². The third-order valence-electron chi connectivity index (χ3n) is 5.97. The molecule has 168 valence electrons. The Balaban J connectivity index is 1.74. The number of para-hydroxylation sites is 1. The third-order valence-corrected chi connectivity index (χ3v) is 5.97. The summed E-state index contributed by atoms with van der Waals surface area (Å²) < 4.78 is 5.99. The molecular formula is C26H31N3O3. The molecule has 6 heteroatoms. The maximum absolute atomic E-state index is 13.3. The van der Waals surface area contributed by atoms with Crippen molar-refractivity contribution in [3.63, 3.8) is 0 Å². The van der Waals surface area contributed by atoms with Crippen LogP contribution in [0.15, 0.2) is 48.5 Å². The number of amides is 1. The van der Waals surface area contributed by atoms with Crippen LogP contribution < -0.4 is 4.74 Å². The Hall–Kier alpha value is -3.28. The summed E-state index contributed by atoms with van der Waals surface area (Å²) in [6.07, 6.45) is 5.23. The lowest BCUT2D eigenvalue weighted by molar-refractivity contribution is 0.0741. The van der Waals surface area contributed by atoms with Crippen molar-refractivity contribution in [2.45, 2.75) is 52.0 Å². The first-order valence-corrected chi connectivity index (χ1v) is 11.6. The van der Waals surface area contributed by atoms with Crippen LogP contribution in [0.4, 0.5) is 0 Å². The Kier molecular flexibility index (Phi) is 6.78. The number of hydrogen-bond donors (Lipinski definition) is 2. The highest BCUT2D eigenvalue weighted by atomic mass is 16.5. The third kappa shape index (κ3) is 4.22. The summed E-state index contributed by atoms with van der Waals surface area (Å²) in [6, 6.07) is 14.8. The molecule has 0 saturated carbocycles. The van der Waals surface area contributed by atoms with Crippen LogP contribution in [0, 0.1) is 0 Å². The number of nitrogens with one attached hydrogen (secondary N) is 1. The Morgan fingerprint density at radius 3 is 2.66 bits per heavy atom. The van der Waals surface area contributed by atoms with E-state index in [9.17, 15) is 9.90 Å².